The van der Waals surface area contributed by atoms with Crippen LogP contribution < -0.4 is 10.3 Å². The average molecular weight is 313 g/mol. The van der Waals surface area contributed by atoms with Gasteiger partial charge in [-0.3, -0.25) is 9.59 Å². The van der Waals surface area contributed by atoms with Gasteiger partial charge >= 0.3 is 0 Å². The molecule has 120 valence electrons. The van der Waals surface area contributed by atoms with Crippen molar-refractivity contribution in [2.45, 2.75) is 19.4 Å². The van der Waals surface area contributed by atoms with Crippen LogP contribution in [0.15, 0.2) is 47.3 Å². The van der Waals surface area contributed by atoms with Crippen molar-refractivity contribution in [2.24, 2.45) is 0 Å². The van der Waals surface area contributed by atoms with E-state index in [0.717, 1.165) is 31.7 Å². The highest BCUT2D eigenvalue weighted by Gasteiger charge is 2.21. The van der Waals surface area contributed by atoms with Crippen LogP contribution in [0.5, 0.6) is 5.75 Å². The van der Waals surface area contributed by atoms with Crippen LogP contribution in [0.2, 0.25) is 0 Å². The van der Waals surface area contributed by atoms with Gasteiger partial charge in [-0.15, -0.1) is 0 Å². The van der Waals surface area contributed by atoms with E-state index >= 15 is 0 Å². The summed E-state index contributed by atoms with van der Waals surface area (Å²) >= 11 is 0. The maximum atomic E-state index is 12.3. The number of nitrogens with zero attached hydrogens (tertiary/aromatic N) is 3. The Bertz CT molecular complexity index is 721. The highest BCUT2D eigenvalue weighted by Crippen LogP contribution is 2.11. The molecule has 6 heteroatoms. The molecule has 1 aliphatic heterocycles. The van der Waals surface area contributed by atoms with E-state index in [4.69, 9.17) is 4.74 Å². The topological polar surface area (TPSA) is 64.4 Å². The predicted molar refractivity (Wildman–Crippen MR) is 85.6 cm³/mol. The quantitative estimate of drug-likeness (QED) is 0.840. The molecule has 0 bridgehead atoms. The molecule has 3 rings (SSSR count). The van der Waals surface area contributed by atoms with Crippen molar-refractivity contribution in [1.82, 2.24) is 14.7 Å². The van der Waals surface area contributed by atoms with Gasteiger partial charge in [-0.1, -0.05) is 18.2 Å². The molecule has 0 aliphatic carbocycles. The first-order chi connectivity index (χ1) is 11.2. The minimum Gasteiger partial charge on any atom is -0.492 e. The Kier molecular flexibility index (Phi) is 4.71. The van der Waals surface area contributed by atoms with Crippen molar-refractivity contribution >= 4 is 5.91 Å². The Balaban J connectivity index is 1.65. The summed E-state index contributed by atoms with van der Waals surface area (Å²) in [5, 5.41) is 4.18. The van der Waals surface area contributed by atoms with Crippen molar-refractivity contribution < 1.29 is 9.53 Å². The molecular formula is C17H19N3O3. The Morgan fingerprint density at radius 1 is 1.09 bits per heavy atom. The molecule has 0 unspecified atom stereocenters. The van der Waals surface area contributed by atoms with Crippen LogP contribution in [0.4, 0.5) is 0 Å². The molecule has 1 fully saturated rings. The van der Waals surface area contributed by atoms with Crippen LogP contribution >= 0.6 is 0 Å². The smallest absolute Gasteiger partial charge is 0.274 e. The van der Waals surface area contributed by atoms with Crippen LogP contribution in [0.1, 0.15) is 23.3 Å². The lowest BCUT2D eigenvalue weighted by atomic mass is 10.3. The number of rotatable bonds is 5. The fourth-order valence-electron chi connectivity index (χ4n) is 2.57. The molecule has 1 saturated heterocycles. The molecule has 0 saturated carbocycles. The summed E-state index contributed by atoms with van der Waals surface area (Å²) < 4.78 is 6.85. The molecule has 6 nitrogen and oxygen atoms in total. The van der Waals surface area contributed by atoms with Gasteiger partial charge in [-0.05, 0) is 31.0 Å². The number of para-hydroxylation sites is 1. The second-order valence-electron chi connectivity index (χ2n) is 5.44. The Hall–Kier alpha value is -2.63. The lowest BCUT2D eigenvalue weighted by Gasteiger charge is -2.15. The molecule has 0 atom stereocenters. The molecule has 1 aromatic heterocycles. The molecule has 0 spiro atoms. The number of likely N-dealkylation sites (tertiary alicyclic amines) is 1. The maximum absolute atomic E-state index is 12.3. The average Bonchev–Trinajstić information content (AvgIpc) is 3.11. The van der Waals surface area contributed by atoms with Gasteiger partial charge < -0.3 is 9.64 Å². The van der Waals surface area contributed by atoms with Crippen molar-refractivity contribution in [3.8, 4) is 5.75 Å². The molecule has 0 N–H and O–H groups in total. The van der Waals surface area contributed by atoms with Crippen molar-refractivity contribution in [1.29, 1.82) is 0 Å². The van der Waals surface area contributed by atoms with Gasteiger partial charge in [-0.25, -0.2) is 4.68 Å². The van der Waals surface area contributed by atoms with E-state index < -0.39 is 0 Å². The summed E-state index contributed by atoms with van der Waals surface area (Å²) in [6, 6.07) is 12.3. The third-order valence-corrected chi connectivity index (χ3v) is 3.79. The normalized spacial score (nSPS) is 14.0. The summed E-state index contributed by atoms with van der Waals surface area (Å²) in [7, 11) is 0. The first kappa shape index (κ1) is 15.3. The third kappa shape index (κ3) is 3.77. The van der Waals surface area contributed by atoms with Crippen molar-refractivity contribution in [3.05, 3.63) is 58.5 Å². The van der Waals surface area contributed by atoms with Gasteiger partial charge in [0.15, 0.2) is 0 Å². The maximum Gasteiger partial charge on any atom is 0.274 e. The zero-order valence-electron chi connectivity index (χ0n) is 12.9. The number of hydrogen-bond donors (Lipinski definition) is 0. The van der Waals surface area contributed by atoms with Gasteiger partial charge in [0, 0.05) is 19.2 Å². The van der Waals surface area contributed by atoms with Crippen molar-refractivity contribution in [2.75, 3.05) is 19.7 Å². The monoisotopic (exact) mass is 313 g/mol. The van der Waals surface area contributed by atoms with Crippen LogP contribution in [0.25, 0.3) is 0 Å². The largest absolute Gasteiger partial charge is 0.492 e. The third-order valence-electron chi connectivity index (χ3n) is 3.79. The second kappa shape index (κ2) is 7.09. The first-order valence-electron chi connectivity index (χ1n) is 7.79. The SMILES string of the molecule is O=C(c1ccc(=O)n(CCOc2ccccc2)n1)N1CCCC1. The van der Waals surface area contributed by atoms with E-state index in [2.05, 4.69) is 5.10 Å². The van der Waals surface area contributed by atoms with Crippen LogP contribution in [0, 0.1) is 0 Å². The Morgan fingerprint density at radius 3 is 2.57 bits per heavy atom. The summed E-state index contributed by atoms with van der Waals surface area (Å²) in [6.45, 7) is 2.14. The Labute approximate surface area is 134 Å². The van der Waals surface area contributed by atoms with E-state index in [9.17, 15) is 9.59 Å². The predicted octanol–water partition coefficient (Wildman–Crippen LogP) is 1.56. The van der Waals surface area contributed by atoms with E-state index in [-0.39, 0.29) is 11.5 Å². The summed E-state index contributed by atoms with van der Waals surface area (Å²) in [5.74, 6) is 0.630. The highest BCUT2D eigenvalue weighted by atomic mass is 16.5. The van der Waals surface area contributed by atoms with Gasteiger partial charge in [-0.2, -0.15) is 5.10 Å². The van der Waals surface area contributed by atoms with Gasteiger partial charge in [0.25, 0.3) is 11.5 Å². The van der Waals surface area contributed by atoms with E-state index in [1.165, 1.54) is 16.8 Å². The number of amides is 1. The molecule has 1 aromatic carbocycles. The van der Waals surface area contributed by atoms with E-state index in [1.54, 1.807) is 4.90 Å². The number of carbonyl (C=O) groups excluding carboxylic acids is 1. The highest BCUT2D eigenvalue weighted by molar-refractivity contribution is 5.92. The molecule has 2 heterocycles. The lowest BCUT2D eigenvalue weighted by Crippen LogP contribution is -2.32. The van der Waals surface area contributed by atoms with Gasteiger partial charge in [0.05, 0.1) is 6.54 Å². The number of benzene rings is 1. The molecule has 1 amide bonds. The number of aromatic nitrogens is 2. The number of hydrogen-bond acceptors (Lipinski definition) is 4. The summed E-state index contributed by atoms with van der Waals surface area (Å²) in [5.41, 5.74) is 0.0749. The molecule has 0 radical (unpaired) electrons. The number of ether oxygens (including phenoxy) is 1. The summed E-state index contributed by atoms with van der Waals surface area (Å²) in [6.07, 6.45) is 2.05. The van der Waals surface area contributed by atoms with Crippen LogP contribution in [0.3, 0.4) is 0 Å². The van der Waals surface area contributed by atoms with Crippen LogP contribution in [-0.2, 0) is 6.54 Å². The zero-order valence-corrected chi connectivity index (χ0v) is 12.9. The molecular weight excluding hydrogens is 294 g/mol. The van der Waals surface area contributed by atoms with E-state index in [1.807, 2.05) is 30.3 Å². The number of carbonyl (C=O) groups is 1. The van der Waals surface area contributed by atoms with E-state index in [0.29, 0.717) is 18.8 Å². The molecule has 1 aliphatic rings. The van der Waals surface area contributed by atoms with Crippen molar-refractivity contribution in [3.63, 3.8) is 0 Å². The van der Waals surface area contributed by atoms with Gasteiger partial charge in [0.1, 0.15) is 18.1 Å². The fourth-order valence-corrected chi connectivity index (χ4v) is 2.57. The lowest BCUT2D eigenvalue weighted by molar-refractivity contribution is 0.0783. The van der Waals surface area contributed by atoms with Gasteiger partial charge in [0.2, 0.25) is 0 Å². The summed E-state index contributed by atoms with van der Waals surface area (Å²) in [4.78, 5) is 26.0. The zero-order chi connectivity index (χ0) is 16.1. The second-order valence-corrected chi connectivity index (χ2v) is 5.44. The minimum absolute atomic E-state index is 0.111. The minimum atomic E-state index is -0.236. The molecule has 2 aromatic rings. The first-order valence-corrected chi connectivity index (χ1v) is 7.79. The fraction of sp³-hybridized carbons (Fsp3) is 0.353. The Morgan fingerprint density at radius 2 is 1.83 bits per heavy atom. The standard InChI is InChI=1S/C17H19N3O3/c21-16-9-8-15(17(22)19-10-4-5-11-19)18-20(16)12-13-23-14-6-2-1-3-7-14/h1-3,6-9H,4-5,10-13H2. The van der Waals surface area contributed by atoms with Crippen LogP contribution in [-0.4, -0.2) is 40.3 Å². The molecule has 23 heavy (non-hydrogen) atoms.